The minimum Gasteiger partial charge on any atom is -0.374 e. The van der Waals surface area contributed by atoms with Gasteiger partial charge in [-0.2, -0.15) is 0 Å². The zero-order valence-corrected chi connectivity index (χ0v) is 12.3. The van der Waals surface area contributed by atoms with Crippen molar-refractivity contribution < 1.29 is 26.7 Å². The van der Waals surface area contributed by atoms with E-state index in [-0.39, 0.29) is 30.3 Å². The van der Waals surface area contributed by atoms with Crippen molar-refractivity contribution in [3.05, 3.63) is 29.8 Å². The summed E-state index contributed by atoms with van der Waals surface area (Å²) in [6, 6.07) is 5.66. The molecule has 21 heavy (non-hydrogen) atoms. The summed E-state index contributed by atoms with van der Waals surface area (Å²) in [6.07, 6.45) is -2.31. The Bertz CT molecular complexity index is 575. The molecule has 0 heterocycles. The predicted octanol–water partition coefficient (Wildman–Crippen LogP) is 1.84. The van der Waals surface area contributed by atoms with E-state index in [2.05, 4.69) is 9.46 Å². The monoisotopic (exact) mass is 321 g/mol. The van der Waals surface area contributed by atoms with Crippen molar-refractivity contribution in [1.29, 1.82) is 0 Å². The number of sulfonamides is 1. The van der Waals surface area contributed by atoms with Gasteiger partial charge in [-0.1, -0.05) is 19.1 Å². The van der Waals surface area contributed by atoms with E-state index in [0.717, 1.165) is 0 Å². The third kappa shape index (κ3) is 5.86. The second-order valence-corrected chi connectivity index (χ2v) is 5.94. The van der Waals surface area contributed by atoms with Crippen LogP contribution in [0.15, 0.2) is 29.2 Å². The summed E-state index contributed by atoms with van der Waals surface area (Å²) in [4.78, 5) is 11.5. The molecule has 118 valence electrons. The van der Waals surface area contributed by atoms with Gasteiger partial charge in [0.25, 0.3) is 6.43 Å². The Kier molecular flexibility index (Phi) is 6.86. The lowest BCUT2D eigenvalue weighted by Gasteiger charge is -2.08. The van der Waals surface area contributed by atoms with Gasteiger partial charge in [-0.05, 0) is 12.1 Å². The molecule has 8 heteroatoms. The zero-order chi connectivity index (χ0) is 15.9. The van der Waals surface area contributed by atoms with Crippen LogP contribution in [0.3, 0.4) is 0 Å². The van der Waals surface area contributed by atoms with Gasteiger partial charge in [-0.15, -0.1) is 0 Å². The summed E-state index contributed by atoms with van der Waals surface area (Å²) in [7, 11) is -3.79. The largest absolute Gasteiger partial charge is 0.374 e. The number of carbonyl (C=O) groups is 1. The number of alkyl halides is 2. The van der Waals surface area contributed by atoms with Crippen molar-refractivity contribution in [2.24, 2.45) is 0 Å². The summed E-state index contributed by atoms with van der Waals surface area (Å²) in [5, 5.41) is 0. The molecule has 0 aliphatic carbocycles. The van der Waals surface area contributed by atoms with Crippen LogP contribution in [-0.2, 0) is 14.8 Å². The topological polar surface area (TPSA) is 72.5 Å². The highest BCUT2D eigenvalue weighted by Gasteiger charge is 2.15. The number of carbonyl (C=O) groups excluding carboxylic acids is 1. The molecule has 0 aromatic heterocycles. The first-order chi connectivity index (χ1) is 9.86. The molecular weight excluding hydrogens is 304 g/mol. The standard InChI is InChI=1S/C13H17F2NO4S/c1-2-12(17)10-4-3-5-11(8-10)21(18,19)16-6-7-20-9-13(14)15/h3-5,8,13,16H,2,6-7,9H2,1H3. The van der Waals surface area contributed by atoms with Crippen molar-refractivity contribution in [3.8, 4) is 0 Å². The van der Waals surface area contributed by atoms with Crippen LogP contribution in [0.1, 0.15) is 23.7 Å². The Morgan fingerprint density at radius 3 is 2.71 bits per heavy atom. The summed E-state index contributed by atoms with van der Waals surface area (Å²) in [6.45, 7) is 0.669. The lowest BCUT2D eigenvalue weighted by Crippen LogP contribution is -2.28. The smallest absolute Gasteiger partial charge is 0.261 e. The van der Waals surface area contributed by atoms with E-state index >= 15 is 0 Å². The van der Waals surface area contributed by atoms with E-state index in [1.54, 1.807) is 6.92 Å². The SMILES string of the molecule is CCC(=O)c1cccc(S(=O)(=O)NCCOCC(F)F)c1. The maximum absolute atomic E-state index is 12.0. The third-order valence-corrected chi connectivity index (χ3v) is 4.03. The second kappa shape index (κ2) is 8.16. The Balaban J connectivity index is 2.64. The number of hydrogen-bond donors (Lipinski definition) is 1. The first kappa shape index (κ1) is 17.7. The van der Waals surface area contributed by atoms with Crippen molar-refractivity contribution in [3.63, 3.8) is 0 Å². The first-order valence-electron chi connectivity index (χ1n) is 6.35. The molecule has 5 nitrogen and oxygen atoms in total. The van der Waals surface area contributed by atoms with Crippen LogP contribution in [0.4, 0.5) is 8.78 Å². The number of ketones is 1. The number of ether oxygens (including phenoxy) is 1. The summed E-state index contributed by atoms with van der Waals surface area (Å²) >= 11 is 0. The number of hydrogen-bond acceptors (Lipinski definition) is 4. The fourth-order valence-electron chi connectivity index (χ4n) is 1.54. The van der Waals surface area contributed by atoms with Gasteiger partial charge in [0.2, 0.25) is 10.0 Å². The van der Waals surface area contributed by atoms with E-state index in [1.807, 2.05) is 0 Å². The van der Waals surface area contributed by atoms with E-state index in [4.69, 9.17) is 0 Å². The molecule has 0 saturated carbocycles. The predicted molar refractivity (Wildman–Crippen MR) is 73.1 cm³/mol. The molecule has 0 unspecified atom stereocenters. The van der Waals surface area contributed by atoms with Gasteiger partial charge >= 0.3 is 0 Å². The van der Waals surface area contributed by atoms with Crippen LogP contribution < -0.4 is 4.72 Å². The molecule has 0 atom stereocenters. The summed E-state index contributed by atoms with van der Waals surface area (Å²) in [5.41, 5.74) is 0.314. The highest BCUT2D eigenvalue weighted by molar-refractivity contribution is 7.89. The molecule has 0 radical (unpaired) electrons. The molecule has 0 amide bonds. The highest BCUT2D eigenvalue weighted by atomic mass is 32.2. The molecule has 0 aliphatic heterocycles. The average Bonchev–Trinajstić information content (AvgIpc) is 2.45. The summed E-state index contributed by atoms with van der Waals surface area (Å²) in [5.74, 6) is -0.160. The quantitative estimate of drug-likeness (QED) is 0.556. The van der Waals surface area contributed by atoms with Gasteiger partial charge in [0.15, 0.2) is 5.78 Å². The molecule has 1 aromatic rings. The maximum Gasteiger partial charge on any atom is 0.261 e. The van der Waals surface area contributed by atoms with Crippen LogP contribution in [0, 0.1) is 0 Å². The van der Waals surface area contributed by atoms with E-state index < -0.39 is 23.1 Å². The van der Waals surface area contributed by atoms with Crippen molar-refractivity contribution >= 4 is 15.8 Å². The second-order valence-electron chi connectivity index (χ2n) is 4.17. The highest BCUT2D eigenvalue weighted by Crippen LogP contribution is 2.12. The Morgan fingerprint density at radius 1 is 1.38 bits per heavy atom. The normalized spacial score (nSPS) is 11.8. The lowest BCUT2D eigenvalue weighted by atomic mass is 10.1. The van der Waals surface area contributed by atoms with E-state index in [9.17, 15) is 22.0 Å². The number of Topliss-reactive ketones (excluding diaryl/α,β-unsaturated/α-hetero) is 1. The van der Waals surface area contributed by atoms with Gasteiger partial charge < -0.3 is 4.74 Å². The van der Waals surface area contributed by atoms with Crippen LogP contribution in [0.2, 0.25) is 0 Å². The van der Waals surface area contributed by atoms with Gasteiger partial charge in [0.1, 0.15) is 6.61 Å². The van der Waals surface area contributed by atoms with Crippen molar-refractivity contribution in [2.75, 3.05) is 19.8 Å². The van der Waals surface area contributed by atoms with Crippen molar-refractivity contribution in [2.45, 2.75) is 24.7 Å². The van der Waals surface area contributed by atoms with Gasteiger partial charge in [0.05, 0.1) is 11.5 Å². The van der Waals surface area contributed by atoms with E-state index in [1.165, 1.54) is 24.3 Å². The minimum absolute atomic E-state index is 0.0457. The third-order valence-electron chi connectivity index (χ3n) is 2.57. The molecule has 0 bridgehead atoms. The van der Waals surface area contributed by atoms with Crippen LogP contribution in [0.25, 0.3) is 0 Å². The molecule has 1 rings (SSSR count). The van der Waals surface area contributed by atoms with Gasteiger partial charge in [0, 0.05) is 18.5 Å². The molecule has 1 N–H and O–H groups in total. The molecule has 1 aromatic carbocycles. The fraction of sp³-hybridized carbons (Fsp3) is 0.462. The lowest BCUT2D eigenvalue weighted by molar-refractivity contribution is 0.0199. The molecular formula is C13H17F2NO4S. The number of benzene rings is 1. The maximum atomic E-state index is 12.0. The Hall–Kier alpha value is -1.38. The van der Waals surface area contributed by atoms with Crippen LogP contribution in [0.5, 0.6) is 0 Å². The first-order valence-corrected chi connectivity index (χ1v) is 7.84. The molecule has 0 fully saturated rings. The molecule has 0 saturated heterocycles. The Morgan fingerprint density at radius 2 is 2.10 bits per heavy atom. The number of halogens is 2. The van der Waals surface area contributed by atoms with E-state index in [0.29, 0.717) is 5.56 Å². The van der Waals surface area contributed by atoms with Crippen LogP contribution in [-0.4, -0.2) is 40.4 Å². The number of nitrogens with one attached hydrogen (secondary N) is 1. The zero-order valence-electron chi connectivity index (χ0n) is 11.5. The average molecular weight is 321 g/mol. The van der Waals surface area contributed by atoms with Crippen LogP contribution >= 0.6 is 0 Å². The van der Waals surface area contributed by atoms with Crippen molar-refractivity contribution in [1.82, 2.24) is 4.72 Å². The fourth-order valence-corrected chi connectivity index (χ4v) is 2.60. The van der Waals surface area contributed by atoms with Gasteiger partial charge in [-0.3, -0.25) is 4.79 Å². The number of rotatable bonds is 9. The minimum atomic E-state index is -3.79. The van der Waals surface area contributed by atoms with Gasteiger partial charge in [-0.25, -0.2) is 21.9 Å². The Labute approximate surface area is 122 Å². The molecule has 0 aliphatic rings. The summed E-state index contributed by atoms with van der Waals surface area (Å²) < 4.78 is 54.4. The molecule has 0 spiro atoms.